The maximum absolute atomic E-state index is 9.68. The molecule has 0 radical (unpaired) electrons. The Morgan fingerprint density at radius 1 is 1.53 bits per heavy atom. The summed E-state index contributed by atoms with van der Waals surface area (Å²) in [7, 11) is 2.01. The first-order valence-corrected chi connectivity index (χ1v) is 5.63. The number of nitrogens with zero attached hydrogens (tertiary/aromatic N) is 1. The molecule has 0 amide bonds. The van der Waals surface area contributed by atoms with Crippen molar-refractivity contribution in [1.82, 2.24) is 4.90 Å². The first kappa shape index (κ1) is 12.9. The maximum Gasteiger partial charge on any atom is 0.0718 e. The van der Waals surface area contributed by atoms with Gasteiger partial charge in [-0.05, 0) is 27.3 Å². The van der Waals surface area contributed by atoms with Crippen LogP contribution in [0.1, 0.15) is 20.3 Å². The van der Waals surface area contributed by atoms with E-state index in [0.29, 0.717) is 12.5 Å². The maximum atomic E-state index is 9.68. The van der Waals surface area contributed by atoms with E-state index < -0.39 is 5.60 Å². The van der Waals surface area contributed by atoms with Crippen molar-refractivity contribution in [2.45, 2.75) is 31.9 Å². The predicted octanol–water partition coefficient (Wildman–Crippen LogP) is 0.0529. The summed E-state index contributed by atoms with van der Waals surface area (Å²) < 4.78 is 5.41. The SMILES string of the molecule is CN(CC1COCCC1N)CC(C)(C)O. The van der Waals surface area contributed by atoms with E-state index in [1.807, 2.05) is 20.9 Å². The molecular formula is C11H24N2O2. The Bertz CT molecular complexity index is 192. The molecule has 90 valence electrons. The van der Waals surface area contributed by atoms with E-state index in [0.717, 1.165) is 26.2 Å². The molecule has 1 saturated heterocycles. The van der Waals surface area contributed by atoms with E-state index in [4.69, 9.17) is 10.5 Å². The molecule has 0 aromatic carbocycles. The summed E-state index contributed by atoms with van der Waals surface area (Å²) in [5.41, 5.74) is 5.38. The molecule has 2 unspecified atom stereocenters. The highest BCUT2D eigenvalue weighted by Gasteiger charge is 2.25. The zero-order valence-electron chi connectivity index (χ0n) is 10.1. The smallest absolute Gasteiger partial charge is 0.0718 e. The van der Waals surface area contributed by atoms with Crippen molar-refractivity contribution in [2.75, 3.05) is 33.4 Å². The molecule has 0 aromatic rings. The number of rotatable bonds is 4. The third-order valence-corrected chi connectivity index (χ3v) is 2.74. The second-order valence-electron chi connectivity index (χ2n) is 5.30. The zero-order chi connectivity index (χ0) is 11.5. The minimum atomic E-state index is -0.644. The summed E-state index contributed by atoms with van der Waals surface area (Å²) in [6.07, 6.45) is 0.945. The van der Waals surface area contributed by atoms with E-state index in [1.165, 1.54) is 0 Å². The van der Waals surface area contributed by atoms with Gasteiger partial charge in [-0.3, -0.25) is 0 Å². The van der Waals surface area contributed by atoms with Gasteiger partial charge >= 0.3 is 0 Å². The van der Waals surface area contributed by atoms with Crippen molar-refractivity contribution in [2.24, 2.45) is 11.7 Å². The normalized spacial score (nSPS) is 28.4. The Kier molecular flexibility index (Phi) is 4.52. The minimum absolute atomic E-state index is 0.239. The molecule has 3 N–H and O–H groups in total. The third-order valence-electron chi connectivity index (χ3n) is 2.74. The van der Waals surface area contributed by atoms with Crippen LogP contribution < -0.4 is 5.73 Å². The lowest BCUT2D eigenvalue weighted by Crippen LogP contribution is -2.46. The lowest BCUT2D eigenvalue weighted by atomic mass is 9.96. The number of aliphatic hydroxyl groups is 1. The topological polar surface area (TPSA) is 58.7 Å². The van der Waals surface area contributed by atoms with Crippen molar-refractivity contribution >= 4 is 0 Å². The van der Waals surface area contributed by atoms with Crippen LogP contribution in [0.4, 0.5) is 0 Å². The molecule has 4 heteroatoms. The van der Waals surface area contributed by atoms with Crippen LogP contribution in [0.2, 0.25) is 0 Å². The van der Waals surface area contributed by atoms with Crippen molar-refractivity contribution < 1.29 is 9.84 Å². The molecule has 1 heterocycles. The van der Waals surface area contributed by atoms with Crippen LogP contribution in [0.5, 0.6) is 0 Å². The van der Waals surface area contributed by atoms with Gasteiger partial charge < -0.3 is 20.5 Å². The highest BCUT2D eigenvalue weighted by molar-refractivity contribution is 4.80. The largest absolute Gasteiger partial charge is 0.389 e. The van der Waals surface area contributed by atoms with Crippen LogP contribution >= 0.6 is 0 Å². The number of likely N-dealkylation sites (N-methyl/N-ethyl adjacent to an activating group) is 1. The fourth-order valence-corrected chi connectivity index (χ4v) is 2.13. The second-order valence-corrected chi connectivity index (χ2v) is 5.30. The van der Waals surface area contributed by atoms with Crippen molar-refractivity contribution in [3.8, 4) is 0 Å². The highest BCUT2D eigenvalue weighted by Crippen LogP contribution is 2.14. The molecule has 0 aromatic heterocycles. The Hall–Kier alpha value is -0.160. The summed E-state index contributed by atoms with van der Waals surface area (Å²) in [6, 6.07) is 0.239. The summed E-state index contributed by atoms with van der Waals surface area (Å²) in [5.74, 6) is 0.395. The van der Waals surface area contributed by atoms with E-state index in [1.54, 1.807) is 0 Å². The van der Waals surface area contributed by atoms with Crippen LogP contribution in [0.15, 0.2) is 0 Å². The molecule has 0 spiro atoms. The van der Waals surface area contributed by atoms with Gasteiger partial charge in [0.25, 0.3) is 0 Å². The van der Waals surface area contributed by atoms with E-state index in [9.17, 15) is 5.11 Å². The Morgan fingerprint density at radius 3 is 2.73 bits per heavy atom. The van der Waals surface area contributed by atoms with Gasteiger partial charge in [0.15, 0.2) is 0 Å². The standard InChI is InChI=1S/C11H24N2O2/c1-11(2,14)8-13(3)6-9-7-15-5-4-10(9)12/h9-10,14H,4-8,12H2,1-3H3. The van der Waals surface area contributed by atoms with Crippen LogP contribution in [-0.2, 0) is 4.74 Å². The van der Waals surface area contributed by atoms with Gasteiger partial charge in [-0.1, -0.05) is 0 Å². The van der Waals surface area contributed by atoms with Crippen molar-refractivity contribution in [3.05, 3.63) is 0 Å². The molecule has 1 aliphatic heterocycles. The number of nitrogens with two attached hydrogens (primary N) is 1. The minimum Gasteiger partial charge on any atom is -0.389 e. The molecule has 0 aliphatic carbocycles. The van der Waals surface area contributed by atoms with Gasteiger partial charge in [-0.15, -0.1) is 0 Å². The monoisotopic (exact) mass is 216 g/mol. The van der Waals surface area contributed by atoms with Crippen LogP contribution in [-0.4, -0.2) is 55.0 Å². The number of hydrogen-bond acceptors (Lipinski definition) is 4. The average molecular weight is 216 g/mol. The van der Waals surface area contributed by atoms with Crippen molar-refractivity contribution in [3.63, 3.8) is 0 Å². The average Bonchev–Trinajstić information content (AvgIpc) is 2.05. The number of ether oxygens (including phenoxy) is 1. The van der Waals surface area contributed by atoms with Gasteiger partial charge in [0.1, 0.15) is 0 Å². The lowest BCUT2D eigenvalue weighted by molar-refractivity contribution is 0.00675. The second kappa shape index (κ2) is 5.25. The number of hydrogen-bond donors (Lipinski definition) is 2. The molecule has 0 saturated carbocycles. The van der Waals surface area contributed by atoms with Gasteiger partial charge in [0.05, 0.1) is 12.2 Å². The predicted molar refractivity (Wildman–Crippen MR) is 60.7 cm³/mol. The van der Waals surface area contributed by atoms with Gasteiger partial charge in [0.2, 0.25) is 0 Å². The lowest BCUT2D eigenvalue weighted by Gasteiger charge is -2.34. The van der Waals surface area contributed by atoms with Crippen LogP contribution in [0.3, 0.4) is 0 Å². The molecule has 15 heavy (non-hydrogen) atoms. The third kappa shape index (κ3) is 4.93. The fraction of sp³-hybridized carbons (Fsp3) is 1.00. The quantitative estimate of drug-likeness (QED) is 0.697. The summed E-state index contributed by atoms with van der Waals surface area (Å²) in [5, 5.41) is 9.68. The van der Waals surface area contributed by atoms with Crippen LogP contribution in [0, 0.1) is 5.92 Å². The molecule has 0 bridgehead atoms. The Labute approximate surface area is 92.4 Å². The van der Waals surface area contributed by atoms with E-state index in [2.05, 4.69) is 4.90 Å². The summed E-state index contributed by atoms with van der Waals surface area (Å²) in [6.45, 7) is 6.73. The fourth-order valence-electron chi connectivity index (χ4n) is 2.13. The first-order valence-electron chi connectivity index (χ1n) is 5.63. The Morgan fingerprint density at radius 2 is 2.20 bits per heavy atom. The first-order chi connectivity index (χ1) is 6.88. The zero-order valence-corrected chi connectivity index (χ0v) is 10.1. The Balaban J connectivity index is 2.33. The molecule has 4 nitrogen and oxygen atoms in total. The molecular weight excluding hydrogens is 192 g/mol. The van der Waals surface area contributed by atoms with Gasteiger partial charge in [0, 0.05) is 31.7 Å². The van der Waals surface area contributed by atoms with Gasteiger partial charge in [-0.25, -0.2) is 0 Å². The van der Waals surface area contributed by atoms with E-state index in [-0.39, 0.29) is 6.04 Å². The molecule has 1 aliphatic rings. The summed E-state index contributed by atoms with van der Waals surface area (Å²) >= 11 is 0. The van der Waals surface area contributed by atoms with Gasteiger partial charge in [-0.2, -0.15) is 0 Å². The summed E-state index contributed by atoms with van der Waals surface area (Å²) in [4.78, 5) is 2.12. The van der Waals surface area contributed by atoms with E-state index >= 15 is 0 Å². The van der Waals surface area contributed by atoms with Crippen molar-refractivity contribution in [1.29, 1.82) is 0 Å². The molecule has 1 fully saturated rings. The molecule has 2 atom stereocenters. The highest BCUT2D eigenvalue weighted by atomic mass is 16.5. The molecule has 1 rings (SSSR count). The van der Waals surface area contributed by atoms with Crippen LogP contribution in [0.25, 0.3) is 0 Å².